The second-order valence-electron chi connectivity index (χ2n) is 6.09. The van der Waals surface area contributed by atoms with Crippen molar-refractivity contribution < 1.29 is 19.1 Å². The monoisotopic (exact) mass is 349 g/mol. The third-order valence-electron chi connectivity index (χ3n) is 4.39. The van der Waals surface area contributed by atoms with Gasteiger partial charge in [-0.1, -0.05) is 0 Å². The predicted molar refractivity (Wildman–Crippen MR) is 94.9 cm³/mol. The lowest BCUT2D eigenvalue weighted by atomic mass is 10.0. The molecule has 0 aromatic heterocycles. The number of likely N-dealkylation sites (tertiary alicyclic amines) is 1. The zero-order valence-corrected chi connectivity index (χ0v) is 14.9. The van der Waals surface area contributed by atoms with Gasteiger partial charge in [-0.2, -0.15) is 0 Å². The molecule has 1 unspecified atom stereocenters. The molecule has 1 aromatic rings. The van der Waals surface area contributed by atoms with Crippen LogP contribution in [0.1, 0.15) is 36.0 Å². The van der Waals surface area contributed by atoms with Crippen LogP contribution in [0, 0.1) is 0 Å². The molecule has 1 fully saturated rings. The summed E-state index contributed by atoms with van der Waals surface area (Å²) in [6.45, 7) is 1.45. The highest BCUT2D eigenvalue weighted by Crippen LogP contribution is 2.26. The first-order valence-corrected chi connectivity index (χ1v) is 8.59. The largest absolute Gasteiger partial charge is 0.497 e. The molecule has 0 aliphatic carbocycles. The molecule has 1 aromatic carbocycles. The maximum Gasteiger partial charge on any atom is 0.254 e. The van der Waals surface area contributed by atoms with Crippen LogP contribution < -0.4 is 20.5 Å². The van der Waals surface area contributed by atoms with Crippen LogP contribution in [0.15, 0.2) is 18.2 Å². The Morgan fingerprint density at radius 2 is 1.88 bits per heavy atom. The molecule has 1 aliphatic rings. The summed E-state index contributed by atoms with van der Waals surface area (Å²) in [6.07, 6.45) is 3.17. The first-order valence-electron chi connectivity index (χ1n) is 8.59. The van der Waals surface area contributed by atoms with Crippen LogP contribution in [0.25, 0.3) is 0 Å². The topological polar surface area (TPSA) is 93.9 Å². The normalized spacial score (nSPS) is 17.1. The standard InChI is InChI=1S/C18H27N3O4/c1-24-15-9-13(10-16(11-15)25-2)18(23)21-8-4-3-5-14(21)12-20-17(22)6-7-19/h9-11,14H,3-8,12,19H2,1-2H3,(H,20,22). The van der Waals surface area contributed by atoms with E-state index in [4.69, 9.17) is 15.2 Å². The van der Waals surface area contributed by atoms with Crippen LogP contribution in [0.5, 0.6) is 11.5 Å². The molecular formula is C18H27N3O4. The number of nitrogens with one attached hydrogen (secondary N) is 1. The van der Waals surface area contributed by atoms with Crippen LogP contribution in [0.2, 0.25) is 0 Å². The Balaban J connectivity index is 2.13. The first-order chi connectivity index (χ1) is 12.1. The van der Waals surface area contributed by atoms with Crippen LogP contribution in [0.3, 0.4) is 0 Å². The Labute approximate surface area is 148 Å². The molecule has 7 heteroatoms. The molecule has 2 rings (SSSR count). The number of ether oxygens (including phenoxy) is 2. The first kappa shape index (κ1) is 19.1. The number of hydrogen-bond donors (Lipinski definition) is 2. The van der Waals surface area contributed by atoms with Crippen molar-refractivity contribution in [2.24, 2.45) is 5.73 Å². The molecule has 1 heterocycles. The minimum Gasteiger partial charge on any atom is -0.497 e. The SMILES string of the molecule is COc1cc(OC)cc(C(=O)N2CCCCC2CNC(=O)CCN)c1. The fourth-order valence-electron chi connectivity index (χ4n) is 3.03. The molecule has 138 valence electrons. The Morgan fingerprint density at radius 1 is 1.20 bits per heavy atom. The van der Waals surface area contributed by atoms with Gasteiger partial charge in [0.15, 0.2) is 0 Å². The van der Waals surface area contributed by atoms with Crippen molar-refractivity contribution in [1.82, 2.24) is 10.2 Å². The summed E-state index contributed by atoms with van der Waals surface area (Å²) in [5, 5.41) is 2.87. The molecule has 7 nitrogen and oxygen atoms in total. The van der Waals surface area contributed by atoms with Gasteiger partial charge in [0, 0.05) is 43.7 Å². The Bertz CT molecular complexity index is 584. The average molecular weight is 349 g/mol. The van der Waals surface area contributed by atoms with Gasteiger partial charge in [-0.25, -0.2) is 0 Å². The summed E-state index contributed by atoms with van der Waals surface area (Å²) in [6, 6.07) is 5.14. The van der Waals surface area contributed by atoms with Gasteiger partial charge in [0.1, 0.15) is 11.5 Å². The Hall–Kier alpha value is -2.28. The van der Waals surface area contributed by atoms with E-state index >= 15 is 0 Å². The van der Waals surface area contributed by atoms with Crippen molar-refractivity contribution in [3.05, 3.63) is 23.8 Å². The second-order valence-corrected chi connectivity index (χ2v) is 6.09. The van der Waals surface area contributed by atoms with E-state index in [1.54, 1.807) is 32.4 Å². The number of benzene rings is 1. The fraction of sp³-hybridized carbons (Fsp3) is 0.556. The van der Waals surface area contributed by atoms with Gasteiger partial charge >= 0.3 is 0 Å². The third kappa shape index (κ3) is 5.09. The van der Waals surface area contributed by atoms with Crippen molar-refractivity contribution >= 4 is 11.8 Å². The molecule has 3 N–H and O–H groups in total. The lowest BCUT2D eigenvalue weighted by Crippen LogP contribution is -2.49. The minimum atomic E-state index is -0.0801. The lowest BCUT2D eigenvalue weighted by molar-refractivity contribution is -0.121. The Kier molecular flexibility index (Phi) is 7.06. The fourth-order valence-corrected chi connectivity index (χ4v) is 3.03. The quantitative estimate of drug-likeness (QED) is 0.770. The van der Waals surface area contributed by atoms with E-state index in [1.807, 2.05) is 4.90 Å². The summed E-state index contributed by atoms with van der Waals surface area (Å²) >= 11 is 0. The van der Waals surface area contributed by atoms with Gasteiger partial charge in [0.05, 0.1) is 14.2 Å². The number of nitrogens with two attached hydrogens (primary N) is 1. The van der Waals surface area contributed by atoms with Crippen LogP contribution in [0.4, 0.5) is 0 Å². The maximum absolute atomic E-state index is 13.0. The molecule has 2 amide bonds. The number of rotatable bonds is 7. The van der Waals surface area contributed by atoms with Gasteiger partial charge in [-0.05, 0) is 31.4 Å². The molecule has 1 atom stereocenters. The average Bonchev–Trinajstić information content (AvgIpc) is 2.65. The van der Waals surface area contributed by atoms with Gasteiger partial charge in [-0.15, -0.1) is 0 Å². The Morgan fingerprint density at radius 3 is 2.48 bits per heavy atom. The van der Waals surface area contributed by atoms with E-state index in [9.17, 15) is 9.59 Å². The van der Waals surface area contributed by atoms with Gasteiger partial charge in [-0.3, -0.25) is 9.59 Å². The summed E-state index contributed by atoms with van der Waals surface area (Å²) in [7, 11) is 3.11. The number of methoxy groups -OCH3 is 2. The zero-order valence-electron chi connectivity index (χ0n) is 14.9. The molecule has 1 saturated heterocycles. The highest BCUT2D eigenvalue weighted by Gasteiger charge is 2.28. The van der Waals surface area contributed by atoms with Crippen LogP contribution in [-0.4, -0.2) is 56.6 Å². The third-order valence-corrected chi connectivity index (χ3v) is 4.39. The highest BCUT2D eigenvalue weighted by atomic mass is 16.5. The van der Waals surface area contributed by atoms with Gasteiger partial charge in [0.25, 0.3) is 5.91 Å². The van der Waals surface area contributed by atoms with E-state index in [0.717, 1.165) is 19.3 Å². The molecule has 0 bridgehead atoms. The van der Waals surface area contributed by atoms with Crippen molar-refractivity contribution in [3.63, 3.8) is 0 Å². The number of piperidine rings is 1. The van der Waals surface area contributed by atoms with E-state index in [2.05, 4.69) is 5.32 Å². The zero-order chi connectivity index (χ0) is 18.2. The number of carbonyl (C=O) groups is 2. The van der Waals surface area contributed by atoms with Gasteiger partial charge < -0.3 is 25.4 Å². The number of hydrogen-bond acceptors (Lipinski definition) is 5. The van der Waals surface area contributed by atoms with E-state index < -0.39 is 0 Å². The highest BCUT2D eigenvalue weighted by molar-refractivity contribution is 5.95. The molecule has 0 spiro atoms. The lowest BCUT2D eigenvalue weighted by Gasteiger charge is -2.36. The summed E-state index contributed by atoms with van der Waals surface area (Å²) in [5.41, 5.74) is 5.92. The van der Waals surface area contributed by atoms with E-state index in [-0.39, 0.29) is 17.9 Å². The molecule has 25 heavy (non-hydrogen) atoms. The summed E-state index contributed by atoms with van der Waals surface area (Å²) in [5.74, 6) is 0.999. The predicted octanol–water partition coefficient (Wildman–Crippen LogP) is 1.16. The van der Waals surface area contributed by atoms with Gasteiger partial charge in [0.2, 0.25) is 5.91 Å². The van der Waals surface area contributed by atoms with Crippen molar-refractivity contribution in [2.45, 2.75) is 31.7 Å². The van der Waals surface area contributed by atoms with E-state index in [0.29, 0.717) is 43.1 Å². The number of carbonyl (C=O) groups excluding carboxylic acids is 2. The molecule has 1 aliphatic heterocycles. The van der Waals surface area contributed by atoms with Crippen molar-refractivity contribution in [2.75, 3.05) is 33.9 Å². The number of nitrogens with zero attached hydrogens (tertiary/aromatic N) is 1. The second kappa shape index (κ2) is 9.27. The summed E-state index contributed by atoms with van der Waals surface area (Å²) in [4.78, 5) is 26.5. The van der Waals surface area contributed by atoms with Crippen LogP contribution >= 0.6 is 0 Å². The molecular weight excluding hydrogens is 322 g/mol. The maximum atomic E-state index is 13.0. The summed E-state index contributed by atoms with van der Waals surface area (Å²) < 4.78 is 10.5. The van der Waals surface area contributed by atoms with Crippen LogP contribution in [-0.2, 0) is 4.79 Å². The minimum absolute atomic E-state index is 0.0137. The molecule has 0 saturated carbocycles. The van der Waals surface area contributed by atoms with Crippen molar-refractivity contribution in [1.29, 1.82) is 0 Å². The number of amides is 2. The van der Waals surface area contributed by atoms with E-state index in [1.165, 1.54) is 0 Å². The smallest absolute Gasteiger partial charge is 0.254 e. The molecule has 0 radical (unpaired) electrons. The van der Waals surface area contributed by atoms with Crippen molar-refractivity contribution in [3.8, 4) is 11.5 Å².